The van der Waals surface area contributed by atoms with Gasteiger partial charge in [0.2, 0.25) is 0 Å². The van der Waals surface area contributed by atoms with Crippen molar-refractivity contribution in [2.75, 3.05) is 0 Å². The molecule has 0 unspecified atom stereocenters. The summed E-state index contributed by atoms with van der Waals surface area (Å²) in [7, 11) is 0. The molecule has 0 aromatic rings. The third-order valence-corrected chi connectivity index (χ3v) is 19.2. The minimum atomic E-state index is -1.30. The van der Waals surface area contributed by atoms with Crippen LogP contribution in [0.4, 0.5) is 0 Å². The van der Waals surface area contributed by atoms with E-state index in [1.165, 1.54) is 83.1 Å². The fourth-order valence-corrected chi connectivity index (χ4v) is 10.8. The second-order valence-corrected chi connectivity index (χ2v) is 31.4. The molecule has 6 aliphatic rings. The van der Waals surface area contributed by atoms with Gasteiger partial charge in [-0.15, -0.1) is 0 Å². The summed E-state index contributed by atoms with van der Waals surface area (Å²) in [4.78, 5) is 140. The second-order valence-electron chi connectivity index (χ2n) is 31.4. The van der Waals surface area contributed by atoms with E-state index < -0.39 is 142 Å². The first kappa shape index (κ1) is 103. The first-order chi connectivity index (χ1) is 46.5. The van der Waals surface area contributed by atoms with Crippen molar-refractivity contribution in [1.29, 1.82) is 0 Å². The minimum Gasteiger partial charge on any atom is -0.462 e. The zero-order valence-corrected chi connectivity index (χ0v) is 64.3. The predicted molar refractivity (Wildman–Crippen MR) is 372 cm³/mol. The number of hydrogen-bond acceptors (Lipinski definition) is 30. The maximum absolute atomic E-state index is 11.8. The van der Waals surface area contributed by atoms with Gasteiger partial charge < -0.3 is 106 Å². The number of ketones is 6. The predicted octanol–water partition coefficient (Wildman–Crippen LogP) is 0.0405. The lowest BCUT2D eigenvalue weighted by molar-refractivity contribution is -0.173. The third kappa shape index (κ3) is 32.1. The average molecular weight is 1520 g/mol. The van der Waals surface area contributed by atoms with Gasteiger partial charge in [-0.3, -0.25) is 57.5 Å². The van der Waals surface area contributed by atoms with E-state index in [-0.39, 0.29) is 165 Å². The summed E-state index contributed by atoms with van der Waals surface area (Å²) < 4.78 is 30.9. The molecule has 612 valence electrons. The Balaban J connectivity index is -0.00000118. The van der Waals surface area contributed by atoms with E-state index in [1.807, 2.05) is 0 Å². The molecule has 6 saturated heterocycles. The SMILES string of the molecule is C[C@@H]1CCC(=O)C[C@@H](O)[C@H](O)C(C)(C)C(=O)O1.C[C@@H]1CCC(=O)C[C@@H](O)[C@H](O)C(C)(C)C(=O)O1.C[C@H]1CCC(=O)C[C@H](O)[C@@H](O)C(C)(C)C(=O)O1.C[C@H]1CCC(=O)C[C@H](O)[C@@H](O)C(C)(C)C(=O)O1.C[C@H]1CCC(=O)C[C@H](O)[C@@H](O)C(C)(C)C(=O)O1.C[C@H]1CCC(=O)C[C@H](O)[C@@H](O)C(C)(C)C(=O)O1.O.O.O. The van der Waals surface area contributed by atoms with Crippen molar-refractivity contribution in [3.05, 3.63) is 0 Å². The Morgan fingerprint density at radius 3 is 0.410 bits per heavy atom. The van der Waals surface area contributed by atoms with E-state index in [1.54, 1.807) is 41.5 Å². The van der Waals surface area contributed by atoms with E-state index in [0.717, 1.165) is 0 Å². The van der Waals surface area contributed by atoms with Crippen LogP contribution in [0.3, 0.4) is 0 Å². The number of esters is 6. The fraction of sp³-hybridized carbons (Fsp3) is 0.833. The highest BCUT2D eigenvalue weighted by atomic mass is 16.6. The molecule has 18 atom stereocenters. The van der Waals surface area contributed by atoms with Crippen LogP contribution in [0.2, 0.25) is 0 Å². The highest BCUT2D eigenvalue weighted by Crippen LogP contribution is 2.35. The highest BCUT2D eigenvalue weighted by molar-refractivity contribution is 5.84. The molecule has 6 fully saturated rings. The summed E-state index contributed by atoms with van der Waals surface area (Å²) >= 11 is 0. The number of Topliss-reactive ketones (excluding diaryl/α,β-unsaturated/α-hetero) is 6. The average Bonchev–Trinajstić information content (AvgIpc) is 0.864. The van der Waals surface area contributed by atoms with Crippen molar-refractivity contribution in [2.45, 2.75) is 350 Å². The normalized spacial score (nSPS) is 34.2. The van der Waals surface area contributed by atoms with Gasteiger partial charge in [0.25, 0.3) is 0 Å². The molecule has 0 spiro atoms. The van der Waals surface area contributed by atoms with Crippen molar-refractivity contribution in [2.24, 2.45) is 32.5 Å². The molecule has 6 heterocycles. The van der Waals surface area contributed by atoms with Gasteiger partial charge in [0, 0.05) is 77.0 Å². The number of hydrogen-bond donors (Lipinski definition) is 12. The number of aliphatic hydroxyl groups is 12. The Kier molecular flexibility index (Phi) is 44.0. The summed E-state index contributed by atoms with van der Waals surface area (Å²) in [5.41, 5.74) is -7.30. The van der Waals surface area contributed by atoms with E-state index in [4.69, 9.17) is 28.4 Å². The third-order valence-electron chi connectivity index (χ3n) is 19.2. The quantitative estimate of drug-likeness (QED) is 0.113. The Morgan fingerprint density at radius 2 is 0.314 bits per heavy atom. The lowest BCUT2D eigenvalue weighted by Crippen LogP contribution is -2.47. The van der Waals surface area contributed by atoms with Crippen LogP contribution in [0.5, 0.6) is 0 Å². The Morgan fingerprint density at radius 1 is 0.219 bits per heavy atom. The van der Waals surface area contributed by atoms with Crippen LogP contribution >= 0.6 is 0 Å². The standard InChI is InChI=1S/6C12H20O5.3H2O/c6*1-7-4-5-8(13)6-9(14)10(15)12(2,3)11(16)17-7;;;/h6*7,9-10,14-15H,4-6H2,1-3H3;3*1H2/t6*7-,9-,10+;;;/m110000.../s1. The summed E-state index contributed by atoms with van der Waals surface area (Å²) in [5, 5.41) is 118. The van der Waals surface area contributed by atoms with E-state index >= 15 is 0 Å². The first-order valence-electron chi connectivity index (χ1n) is 35.0. The molecule has 0 amide bonds. The summed E-state index contributed by atoms with van der Waals surface area (Å²) in [6.07, 6.45) is -13.8. The summed E-state index contributed by atoms with van der Waals surface area (Å²) in [6, 6.07) is 0. The van der Waals surface area contributed by atoms with Crippen molar-refractivity contribution in [3.63, 3.8) is 0 Å². The molecular formula is C72H126O33. The first-order valence-corrected chi connectivity index (χ1v) is 35.0. The smallest absolute Gasteiger partial charge is 0.314 e. The molecule has 33 nitrogen and oxygen atoms in total. The maximum atomic E-state index is 11.8. The van der Waals surface area contributed by atoms with Gasteiger partial charge in [0.1, 0.15) is 34.7 Å². The van der Waals surface area contributed by atoms with Crippen molar-refractivity contribution in [1.82, 2.24) is 0 Å². The molecule has 105 heavy (non-hydrogen) atoms. The summed E-state index contributed by atoms with van der Waals surface area (Å²) in [6.45, 7) is 28.3. The van der Waals surface area contributed by atoms with Gasteiger partial charge in [0.15, 0.2) is 0 Å². The van der Waals surface area contributed by atoms with Gasteiger partial charge in [-0.1, -0.05) is 0 Å². The zero-order chi connectivity index (χ0) is 79.3. The number of cyclic esters (lactones) is 6. The zero-order valence-electron chi connectivity index (χ0n) is 64.3. The molecule has 6 aliphatic heterocycles. The van der Waals surface area contributed by atoms with Crippen LogP contribution in [0, 0.1) is 32.5 Å². The molecule has 0 aliphatic carbocycles. The molecular weight excluding hydrogens is 1390 g/mol. The Hall–Kier alpha value is -5.76. The van der Waals surface area contributed by atoms with Crippen LogP contribution < -0.4 is 0 Å². The van der Waals surface area contributed by atoms with Crippen LogP contribution in [0.1, 0.15) is 240 Å². The van der Waals surface area contributed by atoms with Crippen LogP contribution in [0.15, 0.2) is 0 Å². The molecule has 0 radical (unpaired) electrons. The molecule has 33 heteroatoms. The molecule has 0 aromatic carbocycles. The molecule has 18 N–H and O–H groups in total. The number of aliphatic hydroxyl groups excluding tert-OH is 12. The lowest BCUT2D eigenvalue weighted by atomic mass is 9.81. The second kappa shape index (κ2) is 44.6. The van der Waals surface area contributed by atoms with Crippen molar-refractivity contribution in [3.8, 4) is 0 Å². The number of carbonyl (C=O) groups is 12. The Labute approximate surface area is 614 Å². The Bertz CT molecular complexity index is 2350. The van der Waals surface area contributed by atoms with Gasteiger partial charge in [0.05, 0.1) is 142 Å². The molecule has 0 bridgehead atoms. The van der Waals surface area contributed by atoms with Gasteiger partial charge in [-0.2, -0.15) is 0 Å². The van der Waals surface area contributed by atoms with Crippen molar-refractivity contribution >= 4 is 70.5 Å². The van der Waals surface area contributed by atoms with Crippen LogP contribution in [-0.2, 0) is 86.0 Å². The van der Waals surface area contributed by atoms with E-state index in [2.05, 4.69) is 0 Å². The van der Waals surface area contributed by atoms with Crippen LogP contribution in [-0.4, -0.2) is 258 Å². The fourth-order valence-electron chi connectivity index (χ4n) is 10.8. The highest BCUT2D eigenvalue weighted by Gasteiger charge is 2.49. The number of rotatable bonds is 0. The number of carbonyl (C=O) groups excluding carboxylic acids is 12. The molecule has 6 rings (SSSR count). The number of ether oxygens (including phenoxy) is 6. The maximum Gasteiger partial charge on any atom is 0.314 e. The minimum absolute atomic E-state index is 0. The monoisotopic (exact) mass is 1520 g/mol. The van der Waals surface area contributed by atoms with E-state index in [0.29, 0.717) is 38.5 Å². The lowest BCUT2D eigenvalue weighted by Gasteiger charge is -2.33. The van der Waals surface area contributed by atoms with Crippen molar-refractivity contribution < 1.29 is 164 Å². The summed E-state index contributed by atoms with van der Waals surface area (Å²) in [5.74, 6) is -4.07. The molecule has 0 saturated carbocycles. The van der Waals surface area contributed by atoms with Gasteiger partial charge >= 0.3 is 35.8 Å². The van der Waals surface area contributed by atoms with Gasteiger partial charge in [-0.05, 0) is 163 Å². The van der Waals surface area contributed by atoms with E-state index in [9.17, 15) is 119 Å². The van der Waals surface area contributed by atoms with Crippen LogP contribution in [0.25, 0.3) is 0 Å². The molecule has 0 aromatic heterocycles. The topological polar surface area (TPSA) is 597 Å². The largest absolute Gasteiger partial charge is 0.462 e. The van der Waals surface area contributed by atoms with Gasteiger partial charge in [-0.25, -0.2) is 0 Å².